The third-order valence-corrected chi connectivity index (χ3v) is 5.12. The molecule has 0 aliphatic rings. The zero-order valence-electron chi connectivity index (χ0n) is 12.6. The molecule has 0 saturated heterocycles. The van der Waals surface area contributed by atoms with Gasteiger partial charge in [0.05, 0.1) is 11.6 Å². The van der Waals surface area contributed by atoms with E-state index in [1.165, 1.54) is 18.0 Å². The normalized spacial score (nSPS) is 10.7. The number of rotatable bonds is 3. The Morgan fingerprint density at radius 1 is 1.13 bits per heavy atom. The van der Waals surface area contributed by atoms with E-state index in [-0.39, 0.29) is 5.43 Å². The SMILES string of the molecule is CN(C(=S)SCc1coc2ccccc2c1=O)c1ccccc1. The Morgan fingerprint density at radius 2 is 1.83 bits per heavy atom. The summed E-state index contributed by atoms with van der Waals surface area (Å²) in [5, 5.41) is 0.605. The van der Waals surface area contributed by atoms with Crippen LogP contribution in [0.5, 0.6) is 0 Å². The van der Waals surface area contributed by atoms with Crippen LogP contribution in [0.15, 0.2) is 70.1 Å². The lowest BCUT2D eigenvalue weighted by molar-refractivity contribution is 0.596. The molecule has 0 aliphatic carbocycles. The van der Waals surface area contributed by atoms with Crippen LogP contribution in [0, 0.1) is 0 Å². The molecule has 2 aromatic carbocycles. The minimum Gasteiger partial charge on any atom is -0.464 e. The molecule has 0 bridgehead atoms. The second-order valence-corrected chi connectivity index (χ2v) is 6.64. The molecule has 116 valence electrons. The summed E-state index contributed by atoms with van der Waals surface area (Å²) >= 11 is 6.91. The summed E-state index contributed by atoms with van der Waals surface area (Å²) < 4.78 is 6.24. The van der Waals surface area contributed by atoms with E-state index in [1.807, 2.05) is 54.4 Å². The molecule has 0 atom stereocenters. The molecule has 3 nitrogen and oxygen atoms in total. The number of anilines is 1. The molecule has 0 fully saturated rings. The topological polar surface area (TPSA) is 33.5 Å². The zero-order valence-corrected chi connectivity index (χ0v) is 14.2. The van der Waals surface area contributed by atoms with Crippen LogP contribution in [-0.2, 0) is 5.75 Å². The van der Waals surface area contributed by atoms with Crippen LogP contribution in [0.3, 0.4) is 0 Å². The van der Waals surface area contributed by atoms with Gasteiger partial charge in [0, 0.05) is 24.1 Å². The van der Waals surface area contributed by atoms with Gasteiger partial charge < -0.3 is 9.32 Å². The molecule has 0 N–H and O–H groups in total. The van der Waals surface area contributed by atoms with Crippen molar-refractivity contribution in [2.24, 2.45) is 0 Å². The fraction of sp³-hybridized carbons (Fsp3) is 0.111. The molecule has 0 unspecified atom stereocenters. The molecule has 23 heavy (non-hydrogen) atoms. The third-order valence-electron chi connectivity index (χ3n) is 3.52. The summed E-state index contributed by atoms with van der Waals surface area (Å²) in [4.78, 5) is 14.4. The largest absolute Gasteiger partial charge is 0.464 e. The third kappa shape index (κ3) is 3.46. The highest BCUT2D eigenvalue weighted by Crippen LogP contribution is 2.21. The first-order valence-electron chi connectivity index (χ1n) is 7.12. The maximum absolute atomic E-state index is 12.5. The summed E-state index contributed by atoms with van der Waals surface area (Å²) in [7, 11) is 1.92. The number of thiocarbonyl (C=S) groups is 1. The summed E-state index contributed by atoms with van der Waals surface area (Å²) in [6, 6.07) is 17.2. The first-order valence-corrected chi connectivity index (χ1v) is 8.51. The predicted molar refractivity (Wildman–Crippen MR) is 101 cm³/mol. The van der Waals surface area contributed by atoms with E-state index >= 15 is 0 Å². The highest BCUT2D eigenvalue weighted by atomic mass is 32.2. The molecule has 5 heteroatoms. The Bertz CT molecular complexity index is 890. The van der Waals surface area contributed by atoms with Gasteiger partial charge >= 0.3 is 0 Å². The summed E-state index contributed by atoms with van der Waals surface area (Å²) in [5.41, 5.74) is 2.26. The van der Waals surface area contributed by atoms with Gasteiger partial charge in [0.2, 0.25) is 0 Å². The van der Waals surface area contributed by atoms with Crippen molar-refractivity contribution in [2.75, 3.05) is 11.9 Å². The molecule has 1 aromatic heterocycles. The Balaban J connectivity index is 1.75. The van der Waals surface area contributed by atoms with Gasteiger partial charge in [0.15, 0.2) is 5.43 Å². The van der Waals surface area contributed by atoms with E-state index in [9.17, 15) is 4.79 Å². The lowest BCUT2D eigenvalue weighted by Gasteiger charge is -2.19. The molecule has 0 aliphatic heterocycles. The highest BCUT2D eigenvalue weighted by molar-refractivity contribution is 8.22. The van der Waals surface area contributed by atoms with E-state index in [1.54, 1.807) is 12.1 Å². The van der Waals surface area contributed by atoms with Gasteiger partial charge in [-0.1, -0.05) is 54.3 Å². The van der Waals surface area contributed by atoms with Crippen LogP contribution in [0.2, 0.25) is 0 Å². The van der Waals surface area contributed by atoms with E-state index in [0.717, 1.165) is 5.69 Å². The molecule has 3 rings (SSSR count). The molecule has 0 saturated carbocycles. The summed E-state index contributed by atoms with van der Waals surface area (Å²) in [5.74, 6) is 0.489. The van der Waals surface area contributed by atoms with Crippen molar-refractivity contribution in [1.82, 2.24) is 0 Å². The monoisotopic (exact) mass is 341 g/mol. The Kier molecular flexibility index (Phi) is 4.79. The van der Waals surface area contributed by atoms with Crippen molar-refractivity contribution in [3.05, 3.63) is 76.6 Å². The Morgan fingerprint density at radius 3 is 2.61 bits per heavy atom. The van der Waals surface area contributed by atoms with Crippen LogP contribution in [0.1, 0.15) is 5.56 Å². The number of benzene rings is 2. The van der Waals surface area contributed by atoms with Crippen molar-refractivity contribution in [2.45, 2.75) is 5.75 Å². The van der Waals surface area contributed by atoms with E-state index in [2.05, 4.69) is 0 Å². The maximum atomic E-state index is 12.5. The van der Waals surface area contributed by atoms with Gasteiger partial charge in [0.1, 0.15) is 9.90 Å². The van der Waals surface area contributed by atoms with Crippen LogP contribution in [0.25, 0.3) is 11.0 Å². The first kappa shape index (κ1) is 15.8. The number of hydrogen-bond donors (Lipinski definition) is 0. The van der Waals surface area contributed by atoms with Gasteiger partial charge in [-0.05, 0) is 24.3 Å². The molecule has 1 heterocycles. The number of para-hydroxylation sites is 2. The lowest BCUT2D eigenvalue weighted by atomic mass is 10.2. The Labute approximate surface area is 143 Å². The second-order valence-electron chi connectivity index (χ2n) is 5.04. The minimum atomic E-state index is 0.00418. The molecular weight excluding hydrogens is 326 g/mol. The molecule has 0 radical (unpaired) electrons. The van der Waals surface area contributed by atoms with Crippen LogP contribution < -0.4 is 10.3 Å². The van der Waals surface area contributed by atoms with E-state index in [0.29, 0.717) is 26.6 Å². The van der Waals surface area contributed by atoms with Gasteiger partial charge in [-0.25, -0.2) is 0 Å². The van der Waals surface area contributed by atoms with E-state index < -0.39 is 0 Å². The van der Waals surface area contributed by atoms with Crippen molar-refractivity contribution >= 4 is 45.0 Å². The number of fused-ring (bicyclic) bond motifs is 1. The van der Waals surface area contributed by atoms with Gasteiger partial charge in [0.25, 0.3) is 0 Å². The molecule has 3 aromatic rings. The fourth-order valence-electron chi connectivity index (χ4n) is 2.21. The predicted octanol–water partition coefficient (Wildman–Crippen LogP) is 4.45. The van der Waals surface area contributed by atoms with Crippen LogP contribution in [0.4, 0.5) is 5.69 Å². The molecule has 0 amide bonds. The number of thioether (sulfide) groups is 1. The highest BCUT2D eigenvalue weighted by Gasteiger charge is 2.11. The lowest BCUT2D eigenvalue weighted by Crippen LogP contribution is -2.22. The number of nitrogens with zero attached hydrogens (tertiary/aromatic N) is 1. The fourth-order valence-corrected chi connectivity index (χ4v) is 3.27. The van der Waals surface area contributed by atoms with Crippen LogP contribution >= 0.6 is 24.0 Å². The average Bonchev–Trinajstić information content (AvgIpc) is 2.61. The van der Waals surface area contributed by atoms with Crippen molar-refractivity contribution < 1.29 is 4.42 Å². The van der Waals surface area contributed by atoms with Crippen molar-refractivity contribution in [3.8, 4) is 0 Å². The second kappa shape index (κ2) is 6.98. The molecular formula is C18H15NO2S2. The quantitative estimate of drug-likeness (QED) is 0.658. The van der Waals surface area contributed by atoms with Gasteiger partial charge in [-0.15, -0.1) is 0 Å². The number of hydrogen-bond acceptors (Lipinski definition) is 4. The zero-order chi connectivity index (χ0) is 16.2. The smallest absolute Gasteiger partial charge is 0.196 e. The van der Waals surface area contributed by atoms with Crippen molar-refractivity contribution in [3.63, 3.8) is 0 Å². The first-order chi connectivity index (χ1) is 11.2. The minimum absolute atomic E-state index is 0.00418. The average molecular weight is 341 g/mol. The summed E-state index contributed by atoms with van der Waals surface area (Å²) in [6.07, 6.45) is 1.53. The van der Waals surface area contributed by atoms with Crippen LogP contribution in [-0.4, -0.2) is 11.4 Å². The van der Waals surface area contributed by atoms with Gasteiger partial charge in [-0.3, -0.25) is 4.79 Å². The maximum Gasteiger partial charge on any atom is 0.196 e. The Hall–Kier alpha value is -2.11. The van der Waals surface area contributed by atoms with E-state index in [4.69, 9.17) is 16.6 Å². The summed E-state index contributed by atoms with van der Waals surface area (Å²) in [6.45, 7) is 0. The standard InChI is InChI=1S/C18H15NO2S2/c1-19(14-7-3-2-4-8-14)18(22)23-12-13-11-21-16-10-6-5-9-15(16)17(13)20/h2-11H,12H2,1H3. The van der Waals surface area contributed by atoms with Gasteiger partial charge in [-0.2, -0.15) is 0 Å². The van der Waals surface area contributed by atoms with Crippen molar-refractivity contribution in [1.29, 1.82) is 0 Å². The molecule has 0 spiro atoms.